The number of carbonyl (C=O) groups is 6. The molecule has 0 unspecified atom stereocenters. The van der Waals surface area contributed by atoms with Gasteiger partial charge in [0.05, 0.1) is 0 Å². The molecule has 40 heavy (non-hydrogen) atoms. The Kier molecular flexibility index (Phi) is 13.0. The van der Waals surface area contributed by atoms with Crippen LogP contribution in [0, 0.1) is 32.5 Å². The van der Waals surface area contributed by atoms with Crippen molar-refractivity contribution in [1.29, 1.82) is 0 Å². The third-order valence-corrected chi connectivity index (χ3v) is 16.7. The van der Waals surface area contributed by atoms with Crippen molar-refractivity contribution < 1.29 is 47.2 Å². The van der Waals surface area contributed by atoms with Gasteiger partial charge in [-0.2, -0.15) is 0 Å². The summed E-state index contributed by atoms with van der Waals surface area (Å²) in [6.45, 7) is 27.4. The van der Waals surface area contributed by atoms with Crippen LogP contribution in [0.3, 0.4) is 0 Å². The van der Waals surface area contributed by atoms with Gasteiger partial charge in [-0.1, -0.05) is 0 Å². The van der Waals surface area contributed by atoms with E-state index < -0.39 is 50.9 Å². The molecule has 0 aromatic carbocycles. The molecule has 0 rings (SSSR count). The van der Waals surface area contributed by atoms with E-state index in [0.717, 1.165) is 0 Å². The van der Waals surface area contributed by atoms with E-state index in [-0.39, 0.29) is 54.0 Å². The number of ketones is 6. The monoisotopic (exact) mass is 642 g/mol. The van der Waals surface area contributed by atoms with Crippen LogP contribution in [-0.4, -0.2) is 34.7 Å². The third kappa shape index (κ3) is 12.3. The quantitative estimate of drug-likeness (QED) is 0.134. The summed E-state index contributed by atoms with van der Waals surface area (Å²) in [4.78, 5) is 78.0. The van der Waals surface area contributed by atoms with Crippen molar-refractivity contribution in [2.75, 3.05) is 0 Å². The van der Waals surface area contributed by atoms with Crippen LogP contribution in [0.15, 0.2) is 0 Å². The average molecular weight is 643 g/mol. The second-order valence-corrected chi connectivity index (χ2v) is 22.2. The maximum atomic E-state index is 13.4. The van der Waals surface area contributed by atoms with Crippen LogP contribution in [-0.2, 0) is 47.2 Å². The normalized spacial score (nSPS) is 13.8. The summed E-state index contributed by atoms with van der Waals surface area (Å²) < 4.78 is 1.67. The second-order valence-electron chi connectivity index (χ2n) is 16.6. The van der Waals surface area contributed by atoms with Gasteiger partial charge in [0.25, 0.3) is 0 Å². The zero-order chi connectivity index (χ0) is 32.3. The molecule has 6 nitrogen and oxygen atoms in total. The molecule has 230 valence electrons. The molecule has 7 heteroatoms. The van der Waals surface area contributed by atoms with Gasteiger partial charge in [0.15, 0.2) is 0 Å². The van der Waals surface area contributed by atoms with E-state index in [9.17, 15) is 28.8 Å². The predicted octanol–water partition coefficient (Wildman–Crippen LogP) is 7.66. The van der Waals surface area contributed by atoms with Crippen LogP contribution >= 0.6 is 0 Å². The second kappa shape index (κ2) is 13.4. The van der Waals surface area contributed by atoms with E-state index in [1.807, 2.05) is 41.5 Å². The molecule has 0 saturated carbocycles. The van der Waals surface area contributed by atoms with Gasteiger partial charge in [0.1, 0.15) is 0 Å². The van der Waals surface area contributed by atoms with Crippen LogP contribution in [0.4, 0.5) is 0 Å². The first-order valence-electron chi connectivity index (χ1n) is 14.4. The fraction of sp³-hybridized carbons (Fsp3) is 0.818. The van der Waals surface area contributed by atoms with Crippen molar-refractivity contribution in [2.45, 2.75) is 137 Å². The molecule has 0 spiro atoms. The number of Topliss-reactive ketones (excluding diaryl/α,β-unsaturated/α-hetero) is 6. The fourth-order valence-electron chi connectivity index (χ4n) is 4.06. The Morgan fingerprint density at radius 3 is 0.675 bits per heavy atom. The first-order chi connectivity index (χ1) is 17.4. The van der Waals surface area contributed by atoms with Crippen molar-refractivity contribution in [3.8, 4) is 0 Å². The van der Waals surface area contributed by atoms with Crippen LogP contribution in [0.5, 0.6) is 0 Å². The van der Waals surface area contributed by atoms with Crippen LogP contribution in [0.1, 0.15) is 123 Å². The summed E-state index contributed by atoms with van der Waals surface area (Å²) in [6, 6.07) is 0. The van der Waals surface area contributed by atoms with Crippen LogP contribution in [0.2, 0.25) is 13.9 Å². The Bertz CT molecular complexity index is 865. The zero-order valence-corrected chi connectivity index (χ0v) is 30.3. The van der Waals surface area contributed by atoms with E-state index >= 15 is 0 Å². The Morgan fingerprint density at radius 1 is 0.350 bits per heavy atom. The summed E-state index contributed by atoms with van der Waals surface area (Å²) in [5.41, 5.74) is -4.21. The Balaban J connectivity index is 6.21. The third-order valence-electron chi connectivity index (χ3n) is 7.59. The van der Waals surface area contributed by atoms with Crippen molar-refractivity contribution in [3.63, 3.8) is 0 Å². The summed E-state index contributed by atoms with van der Waals surface area (Å²) in [7, 11) is 0. The van der Waals surface area contributed by atoms with Gasteiger partial charge in [0.2, 0.25) is 0 Å². The molecule has 0 amide bonds. The summed E-state index contributed by atoms with van der Waals surface area (Å²) in [5.74, 6) is -0.701. The van der Waals surface area contributed by atoms with Crippen LogP contribution in [0.25, 0.3) is 0 Å². The van der Waals surface area contributed by atoms with Gasteiger partial charge in [-0.15, -0.1) is 0 Å². The van der Waals surface area contributed by atoms with E-state index in [2.05, 4.69) is 0 Å². The first kappa shape index (κ1) is 38.8. The van der Waals surface area contributed by atoms with Crippen molar-refractivity contribution in [1.82, 2.24) is 0 Å². The van der Waals surface area contributed by atoms with Gasteiger partial charge in [-0.25, -0.2) is 0 Å². The van der Waals surface area contributed by atoms with Gasteiger partial charge in [-0.05, 0) is 0 Å². The van der Waals surface area contributed by atoms with Gasteiger partial charge in [0, 0.05) is 0 Å². The summed E-state index contributed by atoms with van der Waals surface area (Å²) >= 11 is -2.61. The molecule has 0 aliphatic rings. The molecule has 0 N–H and O–H groups in total. The Hall–Kier alpha value is -1.24. The molecule has 0 heterocycles. The zero-order valence-electron chi connectivity index (χ0n) is 28.1. The molecule has 0 aromatic heterocycles. The number of hydrogen-bond donors (Lipinski definition) is 0. The average Bonchev–Trinajstić information content (AvgIpc) is 2.70. The van der Waals surface area contributed by atoms with Gasteiger partial charge in [-0.3, -0.25) is 0 Å². The molecule has 0 aliphatic heterocycles. The Labute approximate surface area is 250 Å². The molecule has 0 fully saturated rings. The topological polar surface area (TPSA) is 102 Å². The molecule has 0 bridgehead atoms. The summed E-state index contributed by atoms with van der Waals surface area (Å²) in [6.07, 6.45) is -0.430. The molecule has 0 aromatic rings. The number of carbonyl (C=O) groups excluding carboxylic acids is 6. The van der Waals surface area contributed by atoms with Crippen LogP contribution < -0.4 is 0 Å². The van der Waals surface area contributed by atoms with Crippen molar-refractivity contribution >= 4 is 34.7 Å². The summed E-state index contributed by atoms with van der Waals surface area (Å²) in [5, 5.41) is 0. The Morgan fingerprint density at radius 2 is 0.525 bits per heavy atom. The molecular weight excluding hydrogens is 585 g/mol. The minimum absolute atomic E-state index is 0.110. The van der Waals surface area contributed by atoms with Gasteiger partial charge < -0.3 is 0 Å². The molecule has 0 atom stereocenters. The van der Waals surface area contributed by atoms with E-state index in [1.165, 1.54) is 0 Å². The molecule has 0 radical (unpaired) electrons. The number of rotatable bonds is 15. The standard InChI is InChI=1S/3C11H19O2.Nb/c3*1-10(2,3)8(12)7-9(13)11(4,5)6;/h3*1,7H2,2-6H3;. The van der Waals surface area contributed by atoms with E-state index in [0.29, 0.717) is 13.9 Å². The molecular formula is C33H57NbO6. The maximum absolute atomic E-state index is 13.4. The molecule has 0 aliphatic carbocycles. The van der Waals surface area contributed by atoms with E-state index in [4.69, 9.17) is 0 Å². The number of hydrogen-bond acceptors (Lipinski definition) is 6. The molecule has 0 saturated heterocycles. The van der Waals surface area contributed by atoms with Crippen molar-refractivity contribution in [3.05, 3.63) is 0 Å². The fourth-order valence-corrected chi connectivity index (χ4v) is 14.4. The first-order valence-corrected chi connectivity index (χ1v) is 19.0. The van der Waals surface area contributed by atoms with Gasteiger partial charge >= 0.3 is 251 Å². The van der Waals surface area contributed by atoms with Crippen molar-refractivity contribution in [2.24, 2.45) is 32.5 Å². The minimum atomic E-state index is -2.61. The SMILES string of the molecule is CC(C)(C)C(=O)CC(=O)C(C)(C)[CH2][Nb]([CH2]C(C)(C)C(=O)CC(=O)C(C)(C)C)[CH2]C(C)(C)C(=O)CC(=O)C(C)(C)C. The van der Waals surface area contributed by atoms with E-state index in [1.54, 1.807) is 62.3 Å². The predicted molar refractivity (Wildman–Crippen MR) is 158 cm³/mol.